The first kappa shape index (κ1) is 17.3. The lowest BCUT2D eigenvalue weighted by Crippen LogP contribution is -2.28. The molecule has 0 aliphatic rings. The van der Waals surface area contributed by atoms with Crippen LogP contribution < -0.4 is 20.7 Å². The van der Waals surface area contributed by atoms with Gasteiger partial charge in [-0.05, 0) is 35.9 Å². The number of carbonyl (C=O) groups excluding carboxylic acids is 2. The monoisotopic (exact) mass is 331 g/mol. The zero-order chi connectivity index (χ0) is 17.5. The van der Waals surface area contributed by atoms with E-state index < -0.39 is 17.8 Å². The molecule has 0 aliphatic carbocycles. The van der Waals surface area contributed by atoms with E-state index in [2.05, 4.69) is 16.0 Å². The average Bonchev–Trinajstić information content (AvgIpc) is 2.61. The Balaban J connectivity index is 1.98. The molecule has 7 heteroatoms. The highest BCUT2D eigenvalue weighted by Gasteiger charge is 2.12. The smallest absolute Gasteiger partial charge is 0.319 e. The van der Waals surface area contributed by atoms with Crippen LogP contribution in [0.3, 0.4) is 0 Å². The van der Waals surface area contributed by atoms with Gasteiger partial charge >= 0.3 is 6.03 Å². The van der Waals surface area contributed by atoms with Gasteiger partial charge < -0.3 is 20.7 Å². The van der Waals surface area contributed by atoms with Crippen LogP contribution in [0.25, 0.3) is 0 Å². The van der Waals surface area contributed by atoms with Crippen LogP contribution in [0, 0.1) is 5.82 Å². The zero-order valence-corrected chi connectivity index (χ0v) is 13.4. The van der Waals surface area contributed by atoms with Crippen molar-refractivity contribution in [3.8, 4) is 5.75 Å². The van der Waals surface area contributed by atoms with Crippen LogP contribution in [-0.4, -0.2) is 26.1 Å². The van der Waals surface area contributed by atoms with Crippen molar-refractivity contribution >= 4 is 17.6 Å². The maximum atomic E-state index is 13.6. The topological polar surface area (TPSA) is 79.5 Å². The number of rotatable bonds is 5. The summed E-state index contributed by atoms with van der Waals surface area (Å²) in [5.74, 6) is -0.520. The molecular weight excluding hydrogens is 313 g/mol. The minimum Gasteiger partial charge on any atom is -0.497 e. The van der Waals surface area contributed by atoms with Crippen LogP contribution in [0.5, 0.6) is 5.75 Å². The van der Waals surface area contributed by atoms with Gasteiger partial charge in [0, 0.05) is 19.3 Å². The van der Waals surface area contributed by atoms with E-state index in [1.54, 1.807) is 7.11 Å². The molecule has 0 fully saturated rings. The van der Waals surface area contributed by atoms with Crippen LogP contribution in [0.15, 0.2) is 42.5 Å². The third-order valence-electron chi connectivity index (χ3n) is 3.28. The molecule has 0 saturated carbocycles. The molecule has 3 N–H and O–H groups in total. The molecule has 3 amide bonds. The van der Waals surface area contributed by atoms with Crippen LogP contribution in [-0.2, 0) is 6.54 Å². The Hall–Kier alpha value is -3.09. The van der Waals surface area contributed by atoms with E-state index in [9.17, 15) is 14.0 Å². The predicted molar refractivity (Wildman–Crippen MR) is 88.6 cm³/mol. The molecule has 0 heterocycles. The lowest BCUT2D eigenvalue weighted by molar-refractivity contribution is 0.0959. The lowest BCUT2D eigenvalue weighted by atomic mass is 10.1. The van der Waals surface area contributed by atoms with Gasteiger partial charge in [0.2, 0.25) is 0 Å². The van der Waals surface area contributed by atoms with Gasteiger partial charge in [-0.15, -0.1) is 0 Å². The third-order valence-corrected chi connectivity index (χ3v) is 3.28. The largest absolute Gasteiger partial charge is 0.497 e. The molecule has 24 heavy (non-hydrogen) atoms. The van der Waals surface area contributed by atoms with Gasteiger partial charge in [-0.25, -0.2) is 9.18 Å². The molecule has 0 radical (unpaired) electrons. The van der Waals surface area contributed by atoms with E-state index in [1.807, 2.05) is 24.3 Å². The molecule has 0 aliphatic heterocycles. The Labute approximate surface area is 139 Å². The molecule has 2 aromatic rings. The van der Waals surface area contributed by atoms with Crippen molar-refractivity contribution in [2.75, 3.05) is 19.5 Å². The van der Waals surface area contributed by atoms with Crippen molar-refractivity contribution in [3.05, 3.63) is 59.4 Å². The standard InChI is InChI=1S/C17H18FN3O3/c1-19-16(22)14-9-12(6-7-15(14)18)21-17(23)20-10-11-4-3-5-13(8-11)24-2/h3-9H,10H2,1-2H3,(H,19,22)(H2,20,21,23). The second kappa shape index (κ2) is 7.96. The third kappa shape index (κ3) is 4.45. The fourth-order valence-corrected chi connectivity index (χ4v) is 2.05. The summed E-state index contributed by atoms with van der Waals surface area (Å²) in [6, 6.07) is 10.6. The van der Waals surface area contributed by atoms with E-state index in [0.717, 1.165) is 11.6 Å². The molecule has 0 atom stereocenters. The first-order valence-corrected chi connectivity index (χ1v) is 7.23. The number of carbonyl (C=O) groups is 2. The minimum absolute atomic E-state index is 0.136. The second-order valence-corrected chi connectivity index (χ2v) is 4.93. The number of nitrogens with one attached hydrogen (secondary N) is 3. The lowest BCUT2D eigenvalue weighted by Gasteiger charge is -2.10. The zero-order valence-electron chi connectivity index (χ0n) is 13.4. The normalized spacial score (nSPS) is 9.96. The Bertz CT molecular complexity index is 750. The Morgan fingerprint density at radius 1 is 1.17 bits per heavy atom. The molecule has 0 saturated heterocycles. The van der Waals surface area contributed by atoms with E-state index in [1.165, 1.54) is 19.2 Å². The van der Waals surface area contributed by atoms with Crippen molar-refractivity contribution in [2.45, 2.75) is 6.54 Å². The van der Waals surface area contributed by atoms with Crippen LogP contribution in [0.4, 0.5) is 14.9 Å². The molecule has 6 nitrogen and oxygen atoms in total. The molecule has 2 aromatic carbocycles. The van der Waals surface area contributed by atoms with Crippen molar-refractivity contribution in [3.63, 3.8) is 0 Å². The van der Waals surface area contributed by atoms with E-state index in [0.29, 0.717) is 18.0 Å². The van der Waals surface area contributed by atoms with Gasteiger partial charge in [0.1, 0.15) is 11.6 Å². The summed E-state index contributed by atoms with van der Waals surface area (Å²) < 4.78 is 18.7. The maximum absolute atomic E-state index is 13.6. The SMILES string of the molecule is CNC(=O)c1cc(NC(=O)NCc2cccc(OC)c2)ccc1F. The Morgan fingerprint density at radius 2 is 1.96 bits per heavy atom. The highest BCUT2D eigenvalue weighted by Crippen LogP contribution is 2.15. The quantitative estimate of drug-likeness (QED) is 0.788. The number of amides is 3. The number of ether oxygens (including phenoxy) is 1. The average molecular weight is 331 g/mol. The number of anilines is 1. The van der Waals surface area contributed by atoms with Crippen LogP contribution in [0.2, 0.25) is 0 Å². The van der Waals surface area contributed by atoms with Crippen molar-refractivity contribution in [1.82, 2.24) is 10.6 Å². The predicted octanol–water partition coefficient (Wildman–Crippen LogP) is 2.52. The van der Waals surface area contributed by atoms with Gasteiger partial charge in [0.05, 0.1) is 12.7 Å². The van der Waals surface area contributed by atoms with Gasteiger partial charge in [-0.1, -0.05) is 12.1 Å². The molecule has 126 valence electrons. The summed E-state index contributed by atoms with van der Waals surface area (Å²) in [5.41, 5.74) is 1.05. The molecule has 0 aromatic heterocycles. The molecule has 0 unspecified atom stereocenters. The van der Waals surface area contributed by atoms with Crippen LogP contribution in [0.1, 0.15) is 15.9 Å². The van der Waals surface area contributed by atoms with E-state index in [4.69, 9.17) is 4.74 Å². The van der Waals surface area contributed by atoms with Gasteiger partial charge in [0.15, 0.2) is 0 Å². The number of halogens is 1. The number of benzene rings is 2. The summed E-state index contributed by atoms with van der Waals surface area (Å²) >= 11 is 0. The van der Waals surface area contributed by atoms with Crippen molar-refractivity contribution in [2.24, 2.45) is 0 Å². The highest BCUT2D eigenvalue weighted by molar-refractivity contribution is 5.97. The second-order valence-electron chi connectivity index (χ2n) is 4.93. The van der Waals surface area contributed by atoms with Crippen molar-refractivity contribution in [1.29, 1.82) is 0 Å². The Kier molecular flexibility index (Phi) is 5.73. The molecule has 0 spiro atoms. The van der Waals surface area contributed by atoms with Crippen molar-refractivity contribution < 1.29 is 18.7 Å². The summed E-state index contributed by atoms with van der Waals surface area (Å²) in [7, 11) is 2.97. The minimum atomic E-state index is -0.656. The van der Waals surface area contributed by atoms with Gasteiger partial charge in [-0.2, -0.15) is 0 Å². The summed E-state index contributed by atoms with van der Waals surface area (Å²) in [4.78, 5) is 23.5. The van der Waals surface area contributed by atoms with Crippen LogP contribution >= 0.6 is 0 Å². The summed E-state index contributed by atoms with van der Waals surface area (Å²) in [6.07, 6.45) is 0. The fourth-order valence-electron chi connectivity index (χ4n) is 2.05. The molecule has 2 rings (SSSR count). The summed E-state index contributed by atoms with van der Waals surface area (Å²) in [5, 5.41) is 7.58. The van der Waals surface area contributed by atoms with Gasteiger partial charge in [-0.3, -0.25) is 4.79 Å². The summed E-state index contributed by atoms with van der Waals surface area (Å²) in [6.45, 7) is 0.298. The van der Waals surface area contributed by atoms with E-state index >= 15 is 0 Å². The number of urea groups is 1. The first-order chi connectivity index (χ1) is 11.5. The van der Waals surface area contributed by atoms with E-state index in [-0.39, 0.29) is 5.56 Å². The highest BCUT2D eigenvalue weighted by atomic mass is 19.1. The first-order valence-electron chi connectivity index (χ1n) is 7.23. The Morgan fingerprint density at radius 3 is 2.67 bits per heavy atom. The fraction of sp³-hybridized carbons (Fsp3) is 0.176. The maximum Gasteiger partial charge on any atom is 0.319 e. The number of hydrogen-bond acceptors (Lipinski definition) is 3. The number of hydrogen-bond donors (Lipinski definition) is 3. The molecular formula is C17H18FN3O3. The van der Waals surface area contributed by atoms with Gasteiger partial charge in [0.25, 0.3) is 5.91 Å². The number of methoxy groups -OCH3 is 1. The molecule has 0 bridgehead atoms.